The summed E-state index contributed by atoms with van der Waals surface area (Å²) in [5, 5.41) is 18.1. The first kappa shape index (κ1) is 14.5. The average molecular weight is 561 g/mol. The molecule has 1 aliphatic carbocycles. The summed E-state index contributed by atoms with van der Waals surface area (Å²) in [5.41, 5.74) is 6.03. The number of hydrogen-bond donors (Lipinski definition) is 3. The van der Waals surface area contributed by atoms with Crippen molar-refractivity contribution < 1.29 is 19.8 Å². The van der Waals surface area contributed by atoms with Gasteiger partial charge in [-0.05, 0) is 45.2 Å². The van der Waals surface area contributed by atoms with Crippen molar-refractivity contribution in [1.82, 2.24) is 0 Å². The molecule has 0 saturated heterocycles. The lowest BCUT2D eigenvalue weighted by atomic mass is 9.93. The maximum Gasteiger partial charge on any atom is 0.333 e. The Hall–Kier alpha value is 0.410. The minimum Gasteiger partial charge on any atom is -0.481 e. The molecule has 0 radical (unpaired) electrons. The average Bonchev–Trinajstić information content (AvgIpc) is 2.13. The maximum absolute atomic E-state index is 11.1. The molecule has 0 saturated carbocycles. The highest BCUT2D eigenvalue weighted by molar-refractivity contribution is 14.1. The smallest absolute Gasteiger partial charge is 0.333 e. The van der Waals surface area contributed by atoms with Gasteiger partial charge in [-0.3, -0.25) is 4.79 Å². The van der Waals surface area contributed by atoms with E-state index in [2.05, 4.69) is 0 Å². The van der Waals surface area contributed by atoms with Crippen molar-refractivity contribution >= 4 is 79.7 Å². The van der Waals surface area contributed by atoms with Crippen LogP contribution in [-0.4, -0.2) is 26.1 Å². The van der Waals surface area contributed by atoms with E-state index in [-0.39, 0.29) is 11.3 Å². The molecule has 0 aromatic heterocycles. The van der Waals surface area contributed by atoms with Gasteiger partial charge in [0.1, 0.15) is 5.92 Å². The number of rotatable bonds is 2. The van der Waals surface area contributed by atoms with Gasteiger partial charge in [0.25, 0.3) is 0 Å². The van der Waals surface area contributed by atoms with Crippen molar-refractivity contribution in [3.05, 3.63) is 18.4 Å². The number of nitrogens with two attached hydrogens (primary N) is 1. The van der Waals surface area contributed by atoms with Crippen molar-refractivity contribution in [3.63, 3.8) is 0 Å². The highest BCUT2D eigenvalue weighted by Gasteiger charge is 2.40. The second-order valence-corrected chi connectivity index (χ2v) is 6.60. The molecule has 0 aromatic carbocycles. The number of carbonyl (C=O) groups is 2. The van der Waals surface area contributed by atoms with Crippen molar-refractivity contribution in [2.45, 2.75) is 3.92 Å². The molecule has 16 heavy (non-hydrogen) atoms. The molecule has 0 amide bonds. The first-order valence-electron chi connectivity index (χ1n) is 3.94. The van der Waals surface area contributed by atoms with Gasteiger partial charge in [-0.2, -0.15) is 0 Å². The Labute approximate surface area is 132 Å². The maximum atomic E-state index is 11.1. The zero-order chi connectivity index (χ0) is 12.6. The molecule has 0 aliphatic heterocycles. The highest BCUT2D eigenvalue weighted by Crippen LogP contribution is 2.42. The van der Waals surface area contributed by atoms with E-state index in [0.29, 0.717) is 7.16 Å². The van der Waals surface area contributed by atoms with Crippen LogP contribution in [0.5, 0.6) is 0 Å². The van der Waals surface area contributed by atoms with Crippen LogP contribution in [0.2, 0.25) is 0 Å². The van der Waals surface area contributed by atoms with E-state index in [1.54, 1.807) is 0 Å². The molecule has 0 spiro atoms. The van der Waals surface area contributed by atoms with E-state index in [1.165, 1.54) is 0 Å². The number of allylic oxidation sites excluding steroid dienone is 1. The number of alkyl halides is 1. The standard InChI is InChI=1S/C8H6I3NO4/c9-3-1(7(13)14)4(10)6(12)5(11)2(3)8(15)16/h1,3H,12H2,(H,13,14)(H,15,16). The highest BCUT2D eigenvalue weighted by atomic mass is 127. The largest absolute Gasteiger partial charge is 0.481 e. The summed E-state index contributed by atoms with van der Waals surface area (Å²) in [4.78, 5) is 22.1. The van der Waals surface area contributed by atoms with Crippen LogP contribution in [0.15, 0.2) is 18.4 Å². The third kappa shape index (κ3) is 2.47. The summed E-state index contributed by atoms with van der Waals surface area (Å²) in [7, 11) is 0. The summed E-state index contributed by atoms with van der Waals surface area (Å²) < 4.78 is 0.295. The molecule has 88 valence electrons. The van der Waals surface area contributed by atoms with Crippen LogP contribution in [0.4, 0.5) is 0 Å². The van der Waals surface area contributed by atoms with Crippen molar-refractivity contribution in [1.29, 1.82) is 0 Å². The zero-order valence-electron chi connectivity index (χ0n) is 7.58. The van der Waals surface area contributed by atoms with Crippen LogP contribution in [0.25, 0.3) is 0 Å². The molecule has 1 rings (SSSR count). The zero-order valence-corrected chi connectivity index (χ0v) is 14.0. The fourth-order valence-electron chi connectivity index (χ4n) is 1.28. The Kier molecular flexibility index (Phi) is 4.86. The molecular formula is C8H6I3NO4. The number of aliphatic carboxylic acids is 2. The normalized spacial score (nSPS) is 25.9. The molecule has 0 heterocycles. The van der Waals surface area contributed by atoms with Gasteiger partial charge < -0.3 is 15.9 Å². The lowest BCUT2D eigenvalue weighted by Crippen LogP contribution is -2.34. The van der Waals surface area contributed by atoms with Crippen molar-refractivity contribution in [2.75, 3.05) is 0 Å². The van der Waals surface area contributed by atoms with Crippen LogP contribution in [0, 0.1) is 5.92 Å². The molecule has 0 aromatic rings. The van der Waals surface area contributed by atoms with E-state index in [9.17, 15) is 9.59 Å². The van der Waals surface area contributed by atoms with E-state index in [4.69, 9.17) is 15.9 Å². The van der Waals surface area contributed by atoms with Crippen LogP contribution < -0.4 is 5.73 Å². The van der Waals surface area contributed by atoms with E-state index in [0.717, 1.165) is 0 Å². The van der Waals surface area contributed by atoms with Crippen LogP contribution in [-0.2, 0) is 9.59 Å². The van der Waals surface area contributed by atoms with Crippen LogP contribution >= 0.6 is 67.8 Å². The van der Waals surface area contributed by atoms with Gasteiger partial charge in [-0.15, -0.1) is 0 Å². The monoisotopic (exact) mass is 561 g/mol. The summed E-state index contributed by atoms with van der Waals surface area (Å²) >= 11 is 5.53. The van der Waals surface area contributed by atoms with Gasteiger partial charge >= 0.3 is 11.9 Å². The van der Waals surface area contributed by atoms with Crippen molar-refractivity contribution in [3.8, 4) is 0 Å². The summed E-state index contributed by atoms with van der Waals surface area (Å²) in [5.74, 6) is -3.07. The van der Waals surface area contributed by atoms with Gasteiger partial charge in [-0.25, -0.2) is 4.79 Å². The molecule has 0 fully saturated rings. The second-order valence-electron chi connectivity index (χ2n) is 3.01. The Morgan fingerprint density at radius 2 is 1.75 bits per heavy atom. The molecule has 4 N–H and O–H groups in total. The summed E-state index contributed by atoms with van der Waals surface area (Å²) in [6.45, 7) is 0. The second kappa shape index (κ2) is 5.37. The van der Waals surface area contributed by atoms with E-state index in [1.807, 2.05) is 67.8 Å². The molecule has 1 aliphatic rings. The molecule has 5 nitrogen and oxygen atoms in total. The van der Waals surface area contributed by atoms with Crippen LogP contribution in [0.1, 0.15) is 0 Å². The van der Waals surface area contributed by atoms with Crippen LogP contribution in [0.3, 0.4) is 0 Å². The Bertz CT molecular complexity index is 429. The predicted molar refractivity (Wildman–Crippen MR) is 82.8 cm³/mol. The van der Waals surface area contributed by atoms with Gasteiger partial charge in [-0.1, -0.05) is 22.6 Å². The molecular weight excluding hydrogens is 555 g/mol. The quantitative estimate of drug-likeness (QED) is 0.354. The van der Waals surface area contributed by atoms with E-state index >= 15 is 0 Å². The van der Waals surface area contributed by atoms with Gasteiger partial charge in [0.15, 0.2) is 0 Å². The molecule has 2 unspecified atom stereocenters. The minimum atomic E-state index is -1.12. The first-order chi connectivity index (χ1) is 7.29. The lowest BCUT2D eigenvalue weighted by molar-refractivity contribution is -0.139. The fourth-order valence-corrected chi connectivity index (χ4v) is 6.08. The third-order valence-electron chi connectivity index (χ3n) is 2.07. The Balaban J connectivity index is 3.40. The molecule has 0 bridgehead atoms. The Morgan fingerprint density at radius 3 is 2.12 bits per heavy atom. The number of carboxylic acid groups (broad SMARTS) is 2. The predicted octanol–water partition coefficient (Wildman–Crippen LogP) is 1.88. The molecule has 8 heteroatoms. The first-order valence-corrected chi connectivity index (χ1v) is 7.34. The van der Waals surface area contributed by atoms with Gasteiger partial charge in [0.2, 0.25) is 0 Å². The number of carboxylic acids is 2. The minimum absolute atomic E-state index is 0.0616. The topological polar surface area (TPSA) is 101 Å². The van der Waals surface area contributed by atoms with Gasteiger partial charge in [0.05, 0.1) is 15.2 Å². The van der Waals surface area contributed by atoms with Gasteiger partial charge in [0, 0.05) is 7.16 Å². The summed E-state index contributed by atoms with van der Waals surface area (Å²) in [6, 6.07) is 0. The third-order valence-corrected chi connectivity index (χ3v) is 5.82. The number of halogens is 3. The van der Waals surface area contributed by atoms with E-state index < -0.39 is 21.8 Å². The lowest BCUT2D eigenvalue weighted by Gasteiger charge is -2.26. The molecule has 2 atom stereocenters. The summed E-state index contributed by atoms with van der Waals surface area (Å²) in [6.07, 6.45) is 0. The Morgan fingerprint density at radius 1 is 1.25 bits per heavy atom. The fraction of sp³-hybridized carbons (Fsp3) is 0.250. The SMILES string of the molecule is NC1=C(I)C(C(=O)O)C(I)C(C(=O)O)=C1I. The number of hydrogen-bond acceptors (Lipinski definition) is 3. The van der Waals surface area contributed by atoms with Crippen molar-refractivity contribution in [2.24, 2.45) is 11.7 Å².